The predicted octanol–water partition coefficient (Wildman–Crippen LogP) is 4.04. The van der Waals surface area contributed by atoms with Crippen LogP contribution in [-0.4, -0.2) is 5.11 Å². The molecular formula is C16H24O. The molecule has 1 atom stereocenters. The lowest BCUT2D eigenvalue weighted by atomic mass is 9.74. The van der Waals surface area contributed by atoms with E-state index < -0.39 is 5.60 Å². The molecule has 1 nitrogen and oxygen atoms in total. The Morgan fingerprint density at radius 3 is 2.59 bits per heavy atom. The van der Waals surface area contributed by atoms with Gasteiger partial charge in [-0.05, 0) is 43.2 Å². The minimum absolute atomic E-state index is 0.434. The summed E-state index contributed by atoms with van der Waals surface area (Å²) in [5, 5.41) is 10.8. The van der Waals surface area contributed by atoms with Crippen LogP contribution in [0, 0.1) is 5.92 Å². The molecule has 0 radical (unpaired) electrons. The second kappa shape index (κ2) is 5.22. The lowest BCUT2D eigenvalue weighted by molar-refractivity contribution is -0.0215. The maximum absolute atomic E-state index is 10.8. The summed E-state index contributed by atoms with van der Waals surface area (Å²) in [7, 11) is 0. The molecule has 0 saturated heterocycles. The molecule has 1 aliphatic carbocycles. The van der Waals surface area contributed by atoms with E-state index in [0.29, 0.717) is 5.92 Å². The summed E-state index contributed by atoms with van der Waals surface area (Å²) in [6.45, 7) is 4.16. The van der Waals surface area contributed by atoms with E-state index in [-0.39, 0.29) is 0 Å². The van der Waals surface area contributed by atoms with Crippen LogP contribution in [-0.2, 0) is 12.0 Å². The molecule has 1 N–H and O–H groups in total. The zero-order chi connectivity index (χ0) is 12.3. The Balaban J connectivity index is 2.22. The molecule has 0 spiro atoms. The van der Waals surface area contributed by atoms with E-state index >= 15 is 0 Å². The van der Waals surface area contributed by atoms with Crippen LogP contribution in [0.5, 0.6) is 0 Å². The van der Waals surface area contributed by atoms with Crippen LogP contribution in [0.2, 0.25) is 0 Å². The van der Waals surface area contributed by atoms with E-state index in [4.69, 9.17) is 0 Å². The van der Waals surface area contributed by atoms with Crippen LogP contribution in [0.15, 0.2) is 24.3 Å². The third-order valence-corrected chi connectivity index (χ3v) is 4.32. The summed E-state index contributed by atoms with van der Waals surface area (Å²) < 4.78 is 0. The summed E-state index contributed by atoms with van der Waals surface area (Å²) in [5.41, 5.74) is 1.77. The van der Waals surface area contributed by atoms with Gasteiger partial charge in [-0.25, -0.2) is 0 Å². The van der Waals surface area contributed by atoms with Crippen molar-refractivity contribution >= 4 is 0 Å². The van der Waals surface area contributed by atoms with Gasteiger partial charge in [0.1, 0.15) is 0 Å². The lowest BCUT2D eigenvalue weighted by Gasteiger charge is -2.36. The van der Waals surface area contributed by atoms with Crippen molar-refractivity contribution in [2.75, 3.05) is 0 Å². The number of hydrogen-bond donors (Lipinski definition) is 1. The van der Waals surface area contributed by atoms with Crippen LogP contribution in [0.25, 0.3) is 0 Å². The Kier molecular flexibility index (Phi) is 3.88. The molecule has 2 rings (SSSR count). The van der Waals surface area contributed by atoms with E-state index in [1.807, 2.05) is 6.92 Å². The van der Waals surface area contributed by atoms with Crippen LogP contribution in [0.3, 0.4) is 0 Å². The molecule has 0 heterocycles. The Bertz CT molecular complexity index is 362. The summed E-state index contributed by atoms with van der Waals surface area (Å²) in [6.07, 6.45) is 7.26. The molecule has 94 valence electrons. The Labute approximate surface area is 105 Å². The Morgan fingerprint density at radius 2 is 1.94 bits per heavy atom. The van der Waals surface area contributed by atoms with Crippen molar-refractivity contribution in [2.45, 2.75) is 58.0 Å². The van der Waals surface area contributed by atoms with Gasteiger partial charge in [0.25, 0.3) is 0 Å². The number of aryl methyl sites for hydroxylation is 1. The van der Waals surface area contributed by atoms with E-state index in [1.54, 1.807) is 0 Å². The molecule has 1 aromatic rings. The third kappa shape index (κ3) is 2.71. The summed E-state index contributed by atoms with van der Waals surface area (Å²) in [4.78, 5) is 0. The number of benzene rings is 1. The maximum Gasteiger partial charge on any atom is 0.0896 e. The molecule has 1 saturated carbocycles. The molecule has 0 bridgehead atoms. The van der Waals surface area contributed by atoms with Crippen molar-refractivity contribution < 1.29 is 5.11 Å². The van der Waals surface area contributed by atoms with Gasteiger partial charge < -0.3 is 5.11 Å². The summed E-state index contributed by atoms with van der Waals surface area (Å²) in [6, 6.07) is 8.47. The first kappa shape index (κ1) is 12.6. The van der Waals surface area contributed by atoms with Gasteiger partial charge in [-0.1, -0.05) is 50.5 Å². The fourth-order valence-corrected chi connectivity index (χ4v) is 3.01. The largest absolute Gasteiger partial charge is 0.385 e. The highest BCUT2D eigenvalue weighted by atomic mass is 16.3. The molecular weight excluding hydrogens is 208 g/mol. The average molecular weight is 232 g/mol. The highest BCUT2D eigenvalue weighted by molar-refractivity contribution is 5.28. The smallest absolute Gasteiger partial charge is 0.0896 e. The van der Waals surface area contributed by atoms with Crippen LogP contribution in [0.1, 0.15) is 57.1 Å². The molecule has 1 unspecified atom stereocenters. The first-order chi connectivity index (χ1) is 8.14. The molecule has 0 amide bonds. The SMILES string of the molecule is CCc1cccc(C(C)(O)C2CCCCC2)c1. The molecule has 1 fully saturated rings. The molecule has 0 aromatic heterocycles. The van der Waals surface area contributed by atoms with Crippen molar-refractivity contribution in [3.05, 3.63) is 35.4 Å². The minimum Gasteiger partial charge on any atom is -0.385 e. The quantitative estimate of drug-likeness (QED) is 0.834. The second-order valence-corrected chi connectivity index (χ2v) is 5.54. The maximum atomic E-state index is 10.8. The van der Waals surface area contributed by atoms with Crippen LogP contribution < -0.4 is 0 Å². The fourth-order valence-electron chi connectivity index (χ4n) is 3.01. The summed E-state index contributed by atoms with van der Waals surface area (Å²) in [5.74, 6) is 0.434. The third-order valence-electron chi connectivity index (χ3n) is 4.32. The van der Waals surface area contributed by atoms with Crippen LogP contribution in [0.4, 0.5) is 0 Å². The summed E-state index contributed by atoms with van der Waals surface area (Å²) >= 11 is 0. The van der Waals surface area contributed by atoms with Crippen molar-refractivity contribution in [3.8, 4) is 0 Å². The molecule has 1 heteroatoms. The van der Waals surface area contributed by atoms with Crippen molar-refractivity contribution in [2.24, 2.45) is 5.92 Å². The van der Waals surface area contributed by atoms with Crippen LogP contribution >= 0.6 is 0 Å². The van der Waals surface area contributed by atoms with E-state index in [0.717, 1.165) is 12.0 Å². The zero-order valence-electron chi connectivity index (χ0n) is 11.1. The van der Waals surface area contributed by atoms with Gasteiger partial charge in [-0.3, -0.25) is 0 Å². The van der Waals surface area contributed by atoms with Crippen molar-refractivity contribution in [1.82, 2.24) is 0 Å². The number of aliphatic hydroxyl groups is 1. The standard InChI is InChI=1S/C16H24O/c1-3-13-8-7-11-15(12-13)16(2,17)14-9-5-4-6-10-14/h7-8,11-12,14,17H,3-6,9-10H2,1-2H3. The second-order valence-electron chi connectivity index (χ2n) is 5.54. The predicted molar refractivity (Wildman–Crippen MR) is 72.0 cm³/mol. The van der Waals surface area contributed by atoms with Gasteiger partial charge in [-0.15, -0.1) is 0 Å². The average Bonchev–Trinajstić information content (AvgIpc) is 2.40. The van der Waals surface area contributed by atoms with Crippen molar-refractivity contribution in [1.29, 1.82) is 0 Å². The van der Waals surface area contributed by atoms with E-state index in [9.17, 15) is 5.11 Å². The molecule has 1 aromatic carbocycles. The first-order valence-corrected chi connectivity index (χ1v) is 6.96. The van der Waals surface area contributed by atoms with Gasteiger partial charge in [0.05, 0.1) is 5.60 Å². The Morgan fingerprint density at radius 1 is 1.24 bits per heavy atom. The molecule has 1 aliphatic rings. The van der Waals surface area contributed by atoms with Gasteiger partial charge >= 0.3 is 0 Å². The molecule has 17 heavy (non-hydrogen) atoms. The highest BCUT2D eigenvalue weighted by Crippen LogP contribution is 2.39. The normalized spacial score (nSPS) is 21.1. The van der Waals surface area contributed by atoms with E-state index in [2.05, 4.69) is 31.2 Å². The fraction of sp³-hybridized carbons (Fsp3) is 0.625. The first-order valence-electron chi connectivity index (χ1n) is 6.96. The number of hydrogen-bond acceptors (Lipinski definition) is 1. The Hall–Kier alpha value is -0.820. The van der Waals surface area contributed by atoms with E-state index in [1.165, 1.54) is 37.7 Å². The van der Waals surface area contributed by atoms with Gasteiger partial charge in [0, 0.05) is 0 Å². The van der Waals surface area contributed by atoms with Gasteiger partial charge in [-0.2, -0.15) is 0 Å². The zero-order valence-corrected chi connectivity index (χ0v) is 11.1. The number of rotatable bonds is 3. The highest BCUT2D eigenvalue weighted by Gasteiger charge is 2.34. The van der Waals surface area contributed by atoms with Gasteiger partial charge in [0.2, 0.25) is 0 Å². The molecule has 0 aliphatic heterocycles. The lowest BCUT2D eigenvalue weighted by Crippen LogP contribution is -2.33. The van der Waals surface area contributed by atoms with Gasteiger partial charge in [0.15, 0.2) is 0 Å². The monoisotopic (exact) mass is 232 g/mol. The topological polar surface area (TPSA) is 20.2 Å². The minimum atomic E-state index is -0.647. The van der Waals surface area contributed by atoms with Crippen molar-refractivity contribution in [3.63, 3.8) is 0 Å².